The van der Waals surface area contributed by atoms with Crippen LogP contribution in [-0.2, 0) is 18.9 Å². The zero-order valence-corrected chi connectivity index (χ0v) is 38.1. The van der Waals surface area contributed by atoms with Crippen molar-refractivity contribution in [3.63, 3.8) is 0 Å². The largest absolute Gasteiger partial charge is 0.462 e. The van der Waals surface area contributed by atoms with Gasteiger partial charge in [0.05, 0.1) is 48.7 Å². The van der Waals surface area contributed by atoms with Gasteiger partial charge in [-0.25, -0.2) is 19.2 Å². The number of rotatable bonds is 26. The molecule has 0 saturated heterocycles. The molecule has 0 amide bonds. The Morgan fingerprint density at radius 1 is 0.444 bits per heavy atom. The van der Waals surface area contributed by atoms with Gasteiger partial charge < -0.3 is 18.9 Å². The molecule has 8 nitrogen and oxygen atoms in total. The van der Waals surface area contributed by atoms with E-state index in [0.717, 1.165) is 84.2 Å². The maximum Gasteiger partial charge on any atom is 0.339 e. The van der Waals surface area contributed by atoms with Gasteiger partial charge in [-0.05, 0) is 132 Å². The van der Waals surface area contributed by atoms with Gasteiger partial charge in [-0.2, -0.15) is 0 Å². The second kappa shape index (κ2) is 30.9. The lowest BCUT2D eigenvalue weighted by Crippen LogP contribution is -2.15. The predicted molar refractivity (Wildman–Crippen MR) is 234 cm³/mol. The van der Waals surface area contributed by atoms with E-state index in [1.165, 1.54) is 25.7 Å². The molecule has 0 radical (unpaired) electrons. The van der Waals surface area contributed by atoms with Crippen LogP contribution in [0.3, 0.4) is 0 Å². The lowest BCUT2D eigenvalue weighted by atomic mass is 10.1. The second-order valence-electron chi connectivity index (χ2n) is 14.5. The number of unbranched alkanes of at least 4 members (excludes halogenated alkanes) is 10. The Labute approximate surface area is 353 Å². The molecule has 54 heavy (non-hydrogen) atoms. The van der Waals surface area contributed by atoms with Gasteiger partial charge in [0.1, 0.15) is 0 Å². The van der Waals surface area contributed by atoms with Crippen molar-refractivity contribution in [1.82, 2.24) is 0 Å². The minimum atomic E-state index is -0.456. The summed E-state index contributed by atoms with van der Waals surface area (Å²) in [6.45, 7) is 14.6. The van der Waals surface area contributed by atoms with Crippen LogP contribution in [0.1, 0.15) is 186 Å². The first-order valence-corrected chi connectivity index (χ1v) is 22.3. The van der Waals surface area contributed by atoms with Gasteiger partial charge in [-0.1, -0.05) is 106 Å². The third-order valence-corrected chi connectivity index (χ3v) is 9.96. The van der Waals surface area contributed by atoms with Crippen LogP contribution in [0, 0.1) is 19.0 Å². The quantitative estimate of drug-likeness (QED) is 0.0397. The number of ether oxygens (including phenoxy) is 4. The van der Waals surface area contributed by atoms with E-state index in [1.54, 1.807) is 36.4 Å². The van der Waals surface area contributed by atoms with E-state index in [4.69, 9.17) is 18.9 Å². The van der Waals surface area contributed by atoms with E-state index in [-0.39, 0.29) is 11.1 Å². The van der Waals surface area contributed by atoms with Crippen molar-refractivity contribution < 1.29 is 38.1 Å². The molecule has 2 aromatic rings. The number of carbonyl (C=O) groups excluding carboxylic acids is 4. The third kappa shape index (κ3) is 23.0. The highest BCUT2D eigenvalue weighted by Gasteiger charge is 2.21. The van der Waals surface area contributed by atoms with Crippen LogP contribution in [-0.4, -0.2) is 50.3 Å². The van der Waals surface area contributed by atoms with Crippen molar-refractivity contribution in [3.8, 4) is 0 Å². The van der Waals surface area contributed by atoms with E-state index in [9.17, 15) is 19.2 Å². The minimum Gasteiger partial charge on any atom is -0.462 e. The molecule has 0 heterocycles. The average molecular weight is 977 g/mol. The molecular weight excluding hydrogens is 910 g/mol. The van der Waals surface area contributed by atoms with E-state index < -0.39 is 23.9 Å². The lowest BCUT2D eigenvalue weighted by molar-refractivity contribution is 0.0449. The average Bonchev–Trinajstić information content (AvgIpc) is 3.13. The van der Waals surface area contributed by atoms with Crippen LogP contribution in [0.15, 0.2) is 36.4 Å². The summed E-state index contributed by atoms with van der Waals surface area (Å²) in [6.07, 6.45) is 16.9. The Bertz CT molecular complexity index is 1370. The fourth-order valence-corrected chi connectivity index (χ4v) is 6.40. The van der Waals surface area contributed by atoms with Gasteiger partial charge >= 0.3 is 23.9 Å². The molecule has 0 aliphatic rings. The first-order chi connectivity index (χ1) is 25.9. The maximum absolute atomic E-state index is 12.4. The smallest absolute Gasteiger partial charge is 0.339 e. The van der Waals surface area contributed by atoms with Gasteiger partial charge in [0.25, 0.3) is 0 Å². The molecule has 2 aromatic carbocycles. The van der Waals surface area contributed by atoms with Crippen LogP contribution in [0.2, 0.25) is 0 Å². The van der Waals surface area contributed by atoms with E-state index in [1.807, 2.05) is 0 Å². The molecular formula is C44H66I2O8. The molecule has 304 valence electrons. The van der Waals surface area contributed by atoms with Crippen LogP contribution < -0.4 is 0 Å². The zero-order valence-electron chi connectivity index (χ0n) is 33.8. The number of hydrogen-bond acceptors (Lipinski definition) is 8. The lowest BCUT2D eigenvalue weighted by Gasteiger charge is -2.11. The van der Waals surface area contributed by atoms with Crippen LogP contribution in [0.25, 0.3) is 0 Å². The molecule has 0 aliphatic heterocycles. The van der Waals surface area contributed by atoms with Crippen molar-refractivity contribution in [3.05, 3.63) is 65.8 Å². The molecule has 0 atom stereocenters. The van der Waals surface area contributed by atoms with Gasteiger partial charge in [0.15, 0.2) is 0 Å². The fraction of sp³-hybridized carbons (Fsp3) is 0.636. The van der Waals surface area contributed by atoms with Gasteiger partial charge in [0, 0.05) is 7.14 Å². The molecule has 0 spiro atoms. The highest BCUT2D eigenvalue weighted by atomic mass is 127. The van der Waals surface area contributed by atoms with Crippen molar-refractivity contribution in [2.75, 3.05) is 26.4 Å². The van der Waals surface area contributed by atoms with Crippen molar-refractivity contribution in [2.45, 2.75) is 144 Å². The first kappa shape index (κ1) is 49.8. The van der Waals surface area contributed by atoms with Gasteiger partial charge in [-0.3, -0.25) is 0 Å². The second-order valence-corrected chi connectivity index (χ2v) is 17.0. The number of halogens is 2. The Hall–Kier alpha value is -2.22. The molecule has 0 fully saturated rings. The van der Waals surface area contributed by atoms with Crippen LogP contribution in [0.4, 0.5) is 0 Å². The maximum atomic E-state index is 12.4. The minimum absolute atomic E-state index is 0.284. The first-order valence-electron chi connectivity index (χ1n) is 20.2. The normalized spacial score (nSPS) is 10.9. The fourth-order valence-electron chi connectivity index (χ4n) is 5.42. The zero-order chi connectivity index (χ0) is 40.1. The molecule has 0 bridgehead atoms. The number of benzene rings is 2. The van der Waals surface area contributed by atoms with Crippen molar-refractivity contribution >= 4 is 69.1 Å². The Morgan fingerprint density at radius 2 is 0.741 bits per heavy atom. The molecule has 2 rings (SSSR count). The highest BCUT2D eigenvalue weighted by Crippen LogP contribution is 2.19. The summed E-state index contributed by atoms with van der Waals surface area (Å²) < 4.78 is 23.2. The summed E-state index contributed by atoms with van der Waals surface area (Å²) in [4.78, 5) is 49.6. The molecule has 0 N–H and O–H groups in total. The molecule has 0 unspecified atom stereocenters. The van der Waals surface area contributed by atoms with Gasteiger partial charge in [-0.15, -0.1) is 0 Å². The van der Waals surface area contributed by atoms with E-state index in [0.29, 0.717) is 49.4 Å². The molecule has 0 aromatic heterocycles. The number of hydrogen-bond donors (Lipinski definition) is 0. The summed E-state index contributed by atoms with van der Waals surface area (Å²) in [5.74, 6) is -0.500. The summed E-state index contributed by atoms with van der Waals surface area (Å²) in [5.41, 5.74) is 1.16. The molecule has 0 aliphatic carbocycles. The van der Waals surface area contributed by atoms with Crippen molar-refractivity contribution in [2.24, 2.45) is 11.8 Å². The molecule has 0 saturated carbocycles. The monoisotopic (exact) mass is 976 g/mol. The standard InChI is InChI=1S/2C22H33IO4/c1-16(2)9-5-7-13-26-21(24)19-12-11-18(23)15-20(19)22(25)27-14-8-6-10-17(3)4;1-3-5-7-9-11-15-26-21(24)19-14-13-18(23)17-20(19)22(25)27-16-12-10-8-6-4-2/h11-12,15-17H,5-10,13-14H2,1-4H3;13-14,17H,3-12,15-16H2,1-2H3. The van der Waals surface area contributed by atoms with Gasteiger partial charge in [0.2, 0.25) is 0 Å². The van der Waals surface area contributed by atoms with Crippen molar-refractivity contribution in [1.29, 1.82) is 0 Å². The predicted octanol–water partition coefficient (Wildman–Crippen LogP) is 12.8. The summed E-state index contributed by atoms with van der Waals surface area (Å²) in [6, 6.07) is 10.3. The van der Waals surface area contributed by atoms with E-state index in [2.05, 4.69) is 86.7 Å². The number of esters is 4. The summed E-state index contributed by atoms with van der Waals surface area (Å²) in [7, 11) is 0. The Balaban J connectivity index is 0.000000540. The van der Waals surface area contributed by atoms with E-state index >= 15 is 0 Å². The Kier molecular flexibility index (Phi) is 28.5. The summed E-state index contributed by atoms with van der Waals surface area (Å²) >= 11 is 4.25. The molecule has 10 heteroatoms. The SMILES string of the molecule is CC(C)CCCCOC(=O)c1ccc(I)cc1C(=O)OCCCCC(C)C.CCCCCCCOC(=O)c1ccc(I)cc1C(=O)OCCCCCCC. The number of carbonyl (C=O) groups is 4. The highest BCUT2D eigenvalue weighted by molar-refractivity contribution is 14.1. The topological polar surface area (TPSA) is 105 Å². The summed E-state index contributed by atoms with van der Waals surface area (Å²) in [5, 5.41) is 0. The third-order valence-electron chi connectivity index (χ3n) is 8.62. The Morgan fingerprint density at radius 3 is 1.06 bits per heavy atom. The van der Waals surface area contributed by atoms with Crippen LogP contribution in [0.5, 0.6) is 0 Å². The van der Waals surface area contributed by atoms with Crippen LogP contribution >= 0.6 is 45.2 Å².